The van der Waals surface area contributed by atoms with E-state index in [-0.39, 0.29) is 12.1 Å². The molecule has 1 aromatic carbocycles. The van der Waals surface area contributed by atoms with Gasteiger partial charge in [0.1, 0.15) is 11.9 Å². The molecule has 0 bridgehead atoms. The highest BCUT2D eigenvalue weighted by Crippen LogP contribution is 2.11. The Balaban J connectivity index is 2.64. The second kappa shape index (κ2) is 6.25. The molecule has 0 spiro atoms. The summed E-state index contributed by atoms with van der Waals surface area (Å²) in [7, 11) is 0. The van der Waals surface area contributed by atoms with Crippen LogP contribution < -0.4 is 10.6 Å². The SMILES string of the molecule is C#CCC(NC(=O)Nc1ccccc1F)C(=O)O. The zero-order valence-corrected chi connectivity index (χ0v) is 9.31. The van der Waals surface area contributed by atoms with Crippen LogP contribution >= 0.6 is 0 Å². The fourth-order valence-corrected chi connectivity index (χ4v) is 1.20. The number of aliphatic carboxylic acids is 1. The lowest BCUT2D eigenvalue weighted by Gasteiger charge is -2.13. The highest BCUT2D eigenvalue weighted by molar-refractivity contribution is 5.92. The zero-order valence-electron chi connectivity index (χ0n) is 9.31. The molecular formula is C12H11FN2O3. The monoisotopic (exact) mass is 250 g/mol. The molecule has 2 amide bonds. The van der Waals surface area contributed by atoms with Crippen molar-refractivity contribution in [2.75, 3.05) is 5.32 Å². The van der Waals surface area contributed by atoms with Crippen LogP contribution in [0.5, 0.6) is 0 Å². The minimum absolute atomic E-state index is 0.0418. The van der Waals surface area contributed by atoms with Crippen molar-refractivity contribution in [3.05, 3.63) is 30.1 Å². The van der Waals surface area contributed by atoms with Crippen molar-refractivity contribution in [3.8, 4) is 12.3 Å². The molecule has 0 saturated heterocycles. The van der Waals surface area contributed by atoms with Crippen molar-refractivity contribution in [2.24, 2.45) is 0 Å². The van der Waals surface area contributed by atoms with Crippen LogP contribution in [0.15, 0.2) is 24.3 Å². The molecule has 0 aliphatic heterocycles. The topological polar surface area (TPSA) is 78.4 Å². The molecule has 0 heterocycles. The van der Waals surface area contributed by atoms with Crippen molar-refractivity contribution >= 4 is 17.7 Å². The number of hydrogen-bond acceptors (Lipinski definition) is 2. The predicted octanol–water partition coefficient (Wildman–Crippen LogP) is 1.42. The number of carboxylic acid groups (broad SMARTS) is 1. The van der Waals surface area contributed by atoms with E-state index in [4.69, 9.17) is 11.5 Å². The quantitative estimate of drug-likeness (QED) is 0.707. The van der Waals surface area contributed by atoms with Gasteiger partial charge in [-0.2, -0.15) is 0 Å². The summed E-state index contributed by atoms with van der Waals surface area (Å²) in [6, 6.07) is 3.49. The minimum Gasteiger partial charge on any atom is -0.480 e. The van der Waals surface area contributed by atoms with Gasteiger partial charge in [0.05, 0.1) is 5.69 Å². The Morgan fingerprint density at radius 1 is 1.44 bits per heavy atom. The number of benzene rings is 1. The molecular weight excluding hydrogens is 239 g/mol. The van der Waals surface area contributed by atoms with E-state index in [9.17, 15) is 14.0 Å². The lowest BCUT2D eigenvalue weighted by Crippen LogP contribution is -2.42. The van der Waals surface area contributed by atoms with Gasteiger partial charge in [-0.05, 0) is 12.1 Å². The third kappa shape index (κ3) is 3.79. The molecule has 6 heteroatoms. The first kappa shape index (κ1) is 13.5. The Labute approximate surface area is 103 Å². The molecule has 0 aromatic heterocycles. The van der Waals surface area contributed by atoms with E-state index in [2.05, 4.69) is 16.6 Å². The van der Waals surface area contributed by atoms with Gasteiger partial charge in [-0.15, -0.1) is 12.3 Å². The molecule has 18 heavy (non-hydrogen) atoms. The Hall–Kier alpha value is -2.55. The number of anilines is 1. The number of rotatable bonds is 4. The van der Waals surface area contributed by atoms with E-state index in [1.165, 1.54) is 24.3 Å². The van der Waals surface area contributed by atoms with Gasteiger partial charge < -0.3 is 15.7 Å². The first-order valence-corrected chi connectivity index (χ1v) is 5.03. The molecule has 0 radical (unpaired) electrons. The highest BCUT2D eigenvalue weighted by Gasteiger charge is 2.19. The van der Waals surface area contributed by atoms with Gasteiger partial charge in [0.25, 0.3) is 0 Å². The summed E-state index contributed by atoms with van der Waals surface area (Å²) < 4.78 is 13.2. The van der Waals surface area contributed by atoms with Crippen molar-refractivity contribution in [1.82, 2.24) is 5.32 Å². The standard InChI is InChI=1S/C12H11FN2O3/c1-2-5-10(11(16)17)15-12(18)14-9-7-4-3-6-8(9)13/h1,3-4,6-7,10H,5H2,(H,16,17)(H2,14,15,18). The zero-order chi connectivity index (χ0) is 13.5. The maximum absolute atomic E-state index is 13.2. The summed E-state index contributed by atoms with van der Waals surface area (Å²) in [5.74, 6) is 0.265. The molecule has 94 valence electrons. The van der Waals surface area contributed by atoms with Crippen LogP contribution in [-0.2, 0) is 4.79 Å². The summed E-state index contributed by atoms with van der Waals surface area (Å²) in [5, 5.41) is 13.1. The van der Waals surface area contributed by atoms with Crippen LogP contribution in [0.3, 0.4) is 0 Å². The summed E-state index contributed by atoms with van der Waals surface area (Å²) in [6.07, 6.45) is 4.82. The average Bonchev–Trinajstić information content (AvgIpc) is 2.31. The number of para-hydroxylation sites is 1. The summed E-state index contributed by atoms with van der Waals surface area (Å²) in [6.45, 7) is 0. The van der Waals surface area contributed by atoms with Crippen molar-refractivity contribution in [2.45, 2.75) is 12.5 Å². The van der Waals surface area contributed by atoms with Gasteiger partial charge in [0.2, 0.25) is 0 Å². The molecule has 0 fully saturated rings. The third-order valence-electron chi connectivity index (χ3n) is 2.05. The first-order chi connectivity index (χ1) is 8.54. The molecule has 1 atom stereocenters. The first-order valence-electron chi connectivity index (χ1n) is 5.03. The summed E-state index contributed by atoms with van der Waals surface area (Å²) in [4.78, 5) is 22.2. The van der Waals surface area contributed by atoms with E-state index in [0.29, 0.717) is 0 Å². The van der Waals surface area contributed by atoms with E-state index in [1.54, 1.807) is 0 Å². The molecule has 1 aromatic rings. The van der Waals surface area contributed by atoms with Gasteiger partial charge in [-0.3, -0.25) is 0 Å². The number of halogens is 1. The molecule has 1 rings (SSSR count). The predicted molar refractivity (Wildman–Crippen MR) is 63.4 cm³/mol. The Morgan fingerprint density at radius 2 is 2.11 bits per heavy atom. The van der Waals surface area contributed by atoms with Crippen LogP contribution in [0.25, 0.3) is 0 Å². The third-order valence-corrected chi connectivity index (χ3v) is 2.05. The number of amides is 2. The van der Waals surface area contributed by atoms with E-state index >= 15 is 0 Å². The molecule has 0 saturated carbocycles. The fraction of sp³-hybridized carbons (Fsp3) is 0.167. The van der Waals surface area contributed by atoms with Gasteiger partial charge in [0, 0.05) is 6.42 Å². The second-order valence-electron chi connectivity index (χ2n) is 3.38. The van der Waals surface area contributed by atoms with Crippen LogP contribution in [0.4, 0.5) is 14.9 Å². The molecule has 5 nitrogen and oxygen atoms in total. The van der Waals surface area contributed by atoms with Crippen molar-refractivity contribution < 1.29 is 19.1 Å². The fourth-order valence-electron chi connectivity index (χ4n) is 1.20. The Bertz CT molecular complexity index is 496. The Kier molecular flexibility index (Phi) is 4.69. The number of hydrogen-bond donors (Lipinski definition) is 3. The normalized spacial score (nSPS) is 11.1. The lowest BCUT2D eigenvalue weighted by molar-refractivity contribution is -0.139. The number of urea groups is 1. The lowest BCUT2D eigenvalue weighted by atomic mass is 10.2. The average molecular weight is 250 g/mol. The van der Waals surface area contributed by atoms with Crippen LogP contribution in [0, 0.1) is 18.2 Å². The number of carbonyl (C=O) groups excluding carboxylic acids is 1. The van der Waals surface area contributed by atoms with Crippen LogP contribution in [-0.4, -0.2) is 23.1 Å². The number of terminal acetylenes is 1. The van der Waals surface area contributed by atoms with Crippen molar-refractivity contribution in [1.29, 1.82) is 0 Å². The molecule has 1 unspecified atom stereocenters. The van der Waals surface area contributed by atoms with Gasteiger partial charge in [0.15, 0.2) is 0 Å². The summed E-state index contributed by atoms with van der Waals surface area (Å²) >= 11 is 0. The molecule has 0 aliphatic carbocycles. The summed E-state index contributed by atoms with van der Waals surface area (Å²) in [5.41, 5.74) is -0.0418. The van der Waals surface area contributed by atoms with Crippen molar-refractivity contribution in [3.63, 3.8) is 0 Å². The van der Waals surface area contributed by atoms with Gasteiger partial charge in [-0.1, -0.05) is 12.1 Å². The maximum atomic E-state index is 13.2. The minimum atomic E-state index is -1.25. The highest BCUT2D eigenvalue weighted by atomic mass is 19.1. The van der Waals surface area contributed by atoms with Crippen LogP contribution in [0.2, 0.25) is 0 Å². The smallest absolute Gasteiger partial charge is 0.327 e. The number of carbonyl (C=O) groups is 2. The second-order valence-corrected chi connectivity index (χ2v) is 3.38. The number of carboxylic acids is 1. The van der Waals surface area contributed by atoms with Gasteiger partial charge in [-0.25, -0.2) is 14.0 Å². The van der Waals surface area contributed by atoms with Gasteiger partial charge >= 0.3 is 12.0 Å². The molecule has 3 N–H and O–H groups in total. The molecule has 0 aliphatic rings. The maximum Gasteiger partial charge on any atom is 0.327 e. The Morgan fingerprint density at radius 3 is 2.67 bits per heavy atom. The van der Waals surface area contributed by atoms with E-state index < -0.39 is 23.9 Å². The van der Waals surface area contributed by atoms with E-state index in [0.717, 1.165) is 0 Å². The number of nitrogens with one attached hydrogen (secondary N) is 2. The largest absolute Gasteiger partial charge is 0.480 e. The van der Waals surface area contributed by atoms with E-state index in [1.807, 2.05) is 0 Å². The van der Waals surface area contributed by atoms with Crippen LogP contribution in [0.1, 0.15) is 6.42 Å².